The first kappa shape index (κ1) is 17.4. The van der Waals surface area contributed by atoms with Crippen molar-refractivity contribution >= 4 is 23.7 Å². The Bertz CT molecular complexity index is 506. The summed E-state index contributed by atoms with van der Waals surface area (Å²) >= 11 is 1.62. The van der Waals surface area contributed by atoms with E-state index in [1.165, 1.54) is 5.56 Å². The minimum atomic E-state index is -0.678. The molecule has 1 unspecified atom stereocenters. The van der Waals surface area contributed by atoms with Crippen LogP contribution in [0.15, 0.2) is 18.2 Å². The Morgan fingerprint density at radius 1 is 1.33 bits per heavy atom. The van der Waals surface area contributed by atoms with Gasteiger partial charge in [0.25, 0.3) is 0 Å². The molecule has 1 aromatic rings. The van der Waals surface area contributed by atoms with Crippen LogP contribution >= 0.6 is 11.8 Å². The van der Waals surface area contributed by atoms with E-state index >= 15 is 0 Å². The molecule has 0 fully saturated rings. The number of hydrogen-bond donors (Lipinski definition) is 3. The van der Waals surface area contributed by atoms with Crippen LogP contribution in [0.5, 0.6) is 0 Å². The summed E-state index contributed by atoms with van der Waals surface area (Å²) in [6.45, 7) is 4.49. The van der Waals surface area contributed by atoms with Crippen molar-refractivity contribution in [2.45, 2.75) is 32.9 Å². The van der Waals surface area contributed by atoms with Crippen molar-refractivity contribution in [1.82, 2.24) is 10.6 Å². The number of carbonyl (C=O) groups is 2. The van der Waals surface area contributed by atoms with Crippen molar-refractivity contribution in [3.05, 3.63) is 34.9 Å². The topological polar surface area (TPSA) is 84.2 Å². The van der Waals surface area contributed by atoms with Gasteiger partial charge >= 0.3 is 6.03 Å². The molecule has 4 N–H and O–H groups in total. The Hall–Kier alpha value is -1.69. The Morgan fingerprint density at radius 2 is 2.05 bits per heavy atom. The number of urea groups is 1. The molecule has 0 saturated heterocycles. The standard InChI is InChI=1S/C15H23N3O2S/c1-10-4-5-12(11(2)8-10)9-17-14(19)13(6-7-21-3)18-15(16)20/h4-5,8,13H,6-7,9H2,1-3H3,(H,17,19)(H3,16,18,20). The minimum absolute atomic E-state index is 0.206. The monoisotopic (exact) mass is 309 g/mol. The van der Waals surface area contributed by atoms with Crippen LogP contribution in [0.25, 0.3) is 0 Å². The summed E-state index contributed by atoms with van der Waals surface area (Å²) in [6, 6.07) is 4.84. The molecular weight excluding hydrogens is 286 g/mol. The van der Waals surface area contributed by atoms with Crippen LogP contribution in [0.4, 0.5) is 4.79 Å². The molecule has 0 aliphatic rings. The lowest BCUT2D eigenvalue weighted by Crippen LogP contribution is -2.48. The van der Waals surface area contributed by atoms with Gasteiger partial charge in [-0.1, -0.05) is 23.8 Å². The van der Waals surface area contributed by atoms with E-state index in [1.54, 1.807) is 11.8 Å². The molecule has 0 spiro atoms. The molecule has 5 nitrogen and oxygen atoms in total. The van der Waals surface area contributed by atoms with Gasteiger partial charge < -0.3 is 16.4 Å². The first-order valence-corrected chi connectivity index (χ1v) is 8.22. The maximum atomic E-state index is 12.1. The number of carbonyl (C=O) groups excluding carboxylic acids is 2. The normalized spacial score (nSPS) is 11.8. The number of benzene rings is 1. The quantitative estimate of drug-likeness (QED) is 0.717. The molecule has 21 heavy (non-hydrogen) atoms. The van der Waals surface area contributed by atoms with Gasteiger partial charge in [-0.15, -0.1) is 0 Å². The molecule has 0 heterocycles. The van der Waals surface area contributed by atoms with Gasteiger partial charge in [0, 0.05) is 6.54 Å². The lowest BCUT2D eigenvalue weighted by atomic mass is 10.1. The number of rotatable bonds is 7. The van der Waals surface area contributed by atoms with Crippen molar-refractivity contribution in [2.24, 2.45) is 5.73 Å². The van der Waals surface area contributed by atoms with Crippen LogP contribution in [-0.2, 0) is 11.3 Å². The lowest BCUT2D eigenvalue weighted by molar-refractivity contribution is -0.123. The number of thioether (sulfide) groups is 1. The molecule has 0 aliphatic carbocycles. The average molecular weight is 309 g/mol. The number of nitrogens with two attached hydrogens (primary N) is 1. The third-order valence-electron chi connectivity index (χ3n) is 3.19. The Morgan fingerprint density at radius 3 is 2.62 bits per heavy atom. The van der Waals surface area contributed by atoms with E-state index in [4.69, 9.17) is 5.73 Å². The molecule has 1 atom stereocenters. The first-order valence-electron chi connectivity index (χ1n) is 6.82. The van der Waals surface area contributed by atoms with Gasteiger partial charge in [0.1, 0.15) is 6.04 Å². The third kappa shape index (κ3) is 6.08. The van der Waals surface area contributed by atoms with Crippen LogP contribution in [0.3, 0.4) is 0 Å². The summed E-state index contributed by atoms with van der Waals surface area (Å²) in [7, 11) is 0. The SMILES string of the molecule is CSCCC(NC(N)=O)C(=O)NCc1ccc(C)cc1C. The highest BCUT2D eigenvalue weighted by atomic mass is 32.2. The molecule has 1 rings (SSSR count). The molecular formula is C15H23N3O2S. The minimum Gasteiger partial charge on any atom is -0.352 e. The largest absolute Gasteiger partial charge is 0.352 e. The second-order valence-electron chi connectivity index (χ2n) is 4.99. The fourth-order valence-corrected chi connectivity index (χ4v) is 2.50. The van der Waals surface area contributed by atoms with Crippen molar-refractivity contribution in [2.75, 3.05) is 12.0 Å². The molecule has 116 valence electrons. The molecule has 0 saturated carbocycles. The van der Waals surface area contributed by atoms with Crippen LogP contribution in [-0.4, -0.2) is 30.0 Å². The molecule has 6 heteroatoms. The highest BCUT2D eigenvalue weighted by Crippen LogP contribution is 2.10. The van der Waals surface area contributed by atoms with Crippen molar-refractivity contribution in [1.29, 1.82) is 0 Å². The highest BCUT2D eigenvalue weighted by Gasteiger charge is 2.19. The zero-order valence-electron chi connectivity index (χ0n) is 12.7. The smallest absolute Gasteiger partial charge is 0.312 e. The molecule has 1 aromatic carbocycles. The van der Waals surface area contributed by atoms with Gasteiger partial charge in [0.15, 0.2) is 0 Å². The first-order chi connectivity index (χ1) is 9.93. The van der Waals surface area contributed by atoms with Gasteiger partial charge in [-0.25, -0.2) is 4.79 Å². The van der Waals surface area contributed by atoms with Crippen molar-refractivity contribution in [3.8, 4) is 0 Å². The average Bonchev–Trinajstić information content (AvgIpc) is 2.41. The van der Waals surface area contributed by atoms with E-state index in [0.29, 0.717) is 13.0 Å². The number of hydrogen-bond acceptors (Lipinski definition) is 3. The maximum Gasteiger partial charge on any atom is 0.312 e. The third-order valence-corrected chi connectivity index (χ3v) is 3.84. The van der Waals surface area contributed by atoms with E-state index in [1.807, 2.05) is 32.2 Å². The number of nitrogens with one attached hydrogen (secondary N) is 2. The van der Waals surface area contributed by atoms with E-state index < -0.39 is 12.1 Å². The Kier molecular flexibility index (Phi) is 7.08. The zero-order valence-corrected chi connectivity index (χ0v) is 13.5. The fraction of sp³-hybridized carbons (Fsp3) is 0.467. The number of amides is 3. The summed E-state index contributed by atoms with van der Waals surface area (Å²) in [5, 5.41) is 5.34. The van der Waals surface area contributed by atoms with Gasteiger partial charge in [-0.05, 0) is 43.4 Å². The number of aryl methyl sites for hydroxylation is 2. The summed E-state index contributed by atoms with van der Waals surface area (Å²) in [5.41, 5.74) is 8.51. The van der Waals surface area contributed by atoms with E-state index in [2.05, 4.69) is 16.7 Å². The van der Waals surface area contributed by atoms with E-state index in [0.717, 1.165) is 16.9 Å². The van der Waals surface area contributed by atoms with E-state index in [9.17, 15) is 9.59 Å². The highest BCUT2D eigenvalue weighted by molar-refractivity contribution is 7.98. The maximum absolute atomic E-state index is 12.1. The summed E-state index contributed by atoms with van der Waals surface area (Å²) in [5.74, 6) is 0.574. The van der Waals surface area contributed by atoms with E-state index in [-0.39, 0.29) is 5.91 Å². The predicted octanol–water partition coefficient (Wildman–Crippen LogP) is 1.71. The van der Waals surface area contributed by atoms with Gasteiger partial charge in [-0.3, -0.25) is 4.79 Å². The summed E-state index contributed by atoms with van der Waals surface area (Å²) in [6.07, 6.45) is 2.51. The fourth-order valence-electron chi connectivity index (χ4n) is 2.03. The Labute approximate surface area is 130 Å². The van der Waals surface area contributed by atoms with Crippen molar-refractivity contribution in [3.63, 3.8) is 0 Å². The molecule has 0 aliphatic heterocycles. The predicted molar refractivity (Wildman–Crippen MR) is 87.3 cm³/mol. The Balaban J connectivity index is 2.61. The molecule has 0 bridgehead atoms. The van der Waals surface area contributed by atoms with Crippen molar-refractivity contribution < 1.29 is 9.59 Å². The van der Waals surface area contributed by atoms with Crippen LogP contribution in [0, 0.1) is 13.8 Å². The molecule has 0 aromatic heterocycles. The van der Waals surface area contributed by atoms with Gasteiger partial charge in [0.05, 0.1) is 0 Å². The van der Waals surface area contributed by atoms with Gasteiger partial charge in [-0.2, -0.15) is 11.8 Å². The second kappa shape index (κ2) is 8.56. The number of primary amides is 1. The lowest BCUT2D eigenvalue weighted by Gasteiger charge is -2.17. The van der Waals surface area contributed by atoms with Crippen LogP contribution in [0.1, 0.15) is 23.1 Å². The zero-order chi connectivity index (χ0) is 15.8. The summed E-state index contributed by atoms with van der Waals surface area (Å²) < 4.78 is 0. The van der Waals surface area contributed by atoms with Crippen LogP contribution in [0.2, 0.25) is 0 Å². The van der Waals surface area contributed by atoms with Gasteiger partial charge in [0.2, 0.25) is 5.91 Å². The second-order valence-corrected chi connectivity index (χ2v) is 5.98. The molecule has 3 amide bonds. The summed E-state index contributed by atoms with van der Waals surface area (Å²) in [4.78, 5) is 23.1. The molecule has 0 radical (unpaired) electrons. The van der Waals surface area contributed by atoms with Crippen LogP contribution < -0.4 is 16.4 Å².